The second kappa shape index (κ2) is 17.2. The van der Waals surface area contributed by atoms with E-state index in [4.69, 9.17) is 17.2 Å². The lowest BCUT2D eigenvalue weighted by atomic mass is 10.1. The van der Waals surface area contributed by atoms with Crippen molar-refractivity contribution in [3.8, 4) is 0 Å². The summed E-state index contributed by atoms with van der Waals surface area (Å²) in [6.45, 7) is -0.596. The van der Waals surface area contributed by atoms with E-state index >= 15 is 0 Å². The van der Waals surface area contributed by atoms with Gasteiger partial charge in [-0.15, -0.1) is 0 Å². The number of aliphatic hydroxyl groups is 1. The number of hydrogen-bond acceptors (Lipinski definition) is 8. The number of benzene rings is 1. The van der Waals surface area contributed by atoms with Crippen molar-refractivity contribution in [3.63, 3.8) is 0 Å². The highest BCUT2D eigenvalue weighted by atomic mass is 32.2. The molecule has 0 aromatic heterocycles. The highest BCUT2D eigenvalue weighted by Crippen LogP contribution is 2.06. The first-order chi connectivity index (χ1) is 17.6. The Kier molecular flexibility index (Phi) is 14.7. The Balaban J connectivity index is 2.89. The van der Waals surface area contributed by atoms with Crippen LogP contribution >= 0.6 is 11.8 Å². The average molecular weight is 540 g/mol. The van der Waals surface area contributed by atoms with Crippen LogP contribution in [0.5, 0.6) is 0 Å². The lowest BCUT2D eigenvalue weighted by Crippen LogP contribution is -2.58. The largest absolute Gasteiger partial charge is 0.480 e. The second-order valence-corrected chi connectivity index (χ2v) is 9.22. The number of nitrogens with two attached hydrogens (primary N) is 3. The number of aliphatic imine (C=N–C) groups is 1. The fourth-order valence-corrected chi connectivity index (χ4v) is 3.71. The zero-order chi connectivity index (χ0) is 27.8. The fourth-order valence-electron chi connectivity index (χ4n) is 3.22. The predicted molar refractivity (Wildman–Crippen MR) is 142 cm³/mol. The molecule has 11 N–H and O–H groups in total. The van der Waals surface area contributed by atoms with E-state index in [1.165, 1.54) is 11.8 Å². The molecule has 3 amide bonds. The van der Waals surface area contributed by atoms with E-state index < -0.39 is 54.5 Å². The summed E-state index contributed by atoms with van der Waals surface area (Å²) in [7, 11) is 0. The molecule has 0 bridgehead atoms. The van der Waals surface area contributed by atoms with Crippen LogP contribution in [0.3, 0.4) is 0 Å². The van der Waals surface area contributed by atoms with Crippen molar-refractivity contribution < 1.29 is 29.4 Å². The van der Waals surface area contributed by atoms with Crippen LogP contribution in [0.25, 0.3) is 0 Å². The van der Waals surface area contributed by atoms with Gasteiger partial charge >= 0.3 is 5.97 Å². The lowest BCUT2D eigenvalue weighted by Gasteiger charge is -2.24. The summed E-state index contributed by atoms with van der Waals surface area (Å²) in [4.78, 5) is 53.7. The first-order valence-electron chi connectivity index (χ1n) is 11.7. The SMILES string of the molecule is CSCCC(N)C(=O)NC(CCCN=C(N)N)C(=O)NC(CO)C(=O)NC(Cc1ccccc1)C(=O)O. The maximum Gasteiger partial charge on any atom is 0.326 e. The highest BCUT2D eigenvalue weighted by Gasteiger charge is 2.30. The van der Waals surface area contributed by atoms with Crippen LogP contribution in [0.15, 0.2) is 35.3 Å². The summed E-state index contributed by atoms with van der Waals surface area (Å²) in [5, 5.41) is 26.5. The van der Waals surface area contributed by atoms with Gasteiger partial charge in [-0.1, -0.05) is 30.3 Å². The summed E-state index contributed by atoms with van der Waals surface area (Å²) in [5.41, 5.74) is 17.2. The van der Waals surface area contributed by atoms with Gasteiger partial charge in [0.05, 0.1) is 12.6 Å². The molecule has 0 saturated heterocycles. The summed E-state index contributed by atoms with van der Waals surface area (Å²) < 4.78 is 0. The average Bonchev–Trinajstić information content (AvgIpc) is 2.87. The number of thioether (sulfide) groups is 1. The number of aliphatic hydroxyl groups excluding tert-OH is 1. The second-order valence-electron chi connectivity index (χ2n) is 8.23. The van der Waals surface area contributed by atoms with Crippen LogP contribution in [0.1, 0.15) is 24.8 Å². The Bertz CT molecular complexity index is 914. The smallest absolute Gasteiger partial charge is 0.326 e. The number of nitrogens with one attached hydrogen (secondary N) is 3. The van der Waals surface area contributed by atoms with Crippen LogP contribution < -0.4 is 33.2 Å². The Morgan fingerprint density at radius 1 is 0.946 bits per heavy atom. The molecule has 206 valence electrons. The number of aliphatic carboxylic acids is 1. The minimum Gasteiger partial charge on any atom is -0.480 e. The van der Waals surface area contributed by atoms with Crippen molar-refractivity contribution in [2.75, 3.05) is 25.2 Å². The van der Waals surface area contributed by atoms with Gasteiger partial charge in [-0.3, -0.25) is 19.4 Å². The number of hydrogen-bond donors (Lipinski definition) is 8. The summed E-state index contributed by atoms with van der Waals surface area (Å²) in [5.74, 6) is -2.93. The number of amides is 3. The van der Waals surface area contributed by atoms with Gasteiger partial charge in [0, 0.05) is 13.0 Å². The molecule has 14 heteroatoms. The van der Waals surface area contributed by atoms with Crippen LogP contribution in [-0.4, -0.2) is 89.2 Å². The molecule has 0 radical (unpaired) electrons. The molecule has 37 heavy (non-hydrogen) atoms. The molecule has 4 atom stereocenters. The highest BCUT2D eigenvalue weighted by molar-refractivity contribution is 7.98. The number of carbonyl (C=O) groups is 4. The molecule has 1 aromatic rings. The zero-order valence-electron chi connectivity index (χ0n) is 20.8. The third kappa shape index (κ3) is 12.4. The topological polar surface area (TPSA) is 235 Å². The van der Waals surface area contributed by atoms with E-state index in [1.54, 1.807) is 30.3 Å². The number of carboxylic acids is 1. The summed E-state index contributed by atoms with van der Waals surface area (Å²) >= 11 is 1.52. The maximum atomic E-state index is 13.0. The van der Waals surface area contributed by atoms with Crippen molar-refractivity contribution in [2.24, 2.45) is 22.2 Å². The summed E-state index contributed by atoms with van der Waals surface area (Å²) in [6.07, 6.45) is 2.72. The lowest BCUT2D eigenvalue weighted by molar-refractivity contribution is -0.142. The standard InChI is InChI=1S/C23H37N7O6S/c1-37-11-9-15(24)19(32)28-16(8-5-10-27-23(25)26)20(33)30-18(13-31)21(34)29-17(22(35)36)12-14-6-3-2-4-7-14/h2-4,6-7,15-18,31H,5,8-13,24H2,1H3,(H,28,32)(H,29,34)(H,30,33)(H,35,36)(H4,25,26,27). The van der Waals surface area contributed by atoms with Gasteiger partial charge in [0.2, 0.25) is 17.7 Å². The quantitative estimate of drug-likeness (QED) is 0.0609. The van der Waals surface area contributed by atoms with Gasteiger partial charge in [0.1, 0.15) is 18.1 Å². The molecular weight excluding hydrogens is 502 g/mol. The molecule has 0 spiro atoms. The van der Waals surface area contributed by atoms with E-state index in [0.29, 0.717) is 24.2 Å². The Hall–Kier alpha value is -3.36. The van der Waals surface area contributed by atoms with Crippen LogP contribution in [0.2, 0.25) is 0 Å². The molecule has 4 unspecified atom stereocenters. The Morgan fingerprint density at radius 3 is 2.11 bits per heavy atom. The third-order valence-electron chi connectivity index (χ3n) is 5.26. The Labute approximate surface area is 220 Å². The molecular formula is C23H37N7O6S. The molecule has 1 rings (SSSR count). The van der Waals surface area contributed by atoms with Gasteiger partial charge in [-0.25, -0.2) is 4.79 Å². The third-order valence-corrected chi connectivity index (χ3v) is 5.90. The molecule has 0 aliphatic heterocycles. The van der Waals surface area contributed by atoms with E-state index in [-0.39, 0.29) is 25.3 Å². The molecule has 0 heterocycles. The molecule has 0 aliphatic carbocycles. The predicted octanol–water partition coefficient (Wildman–Crippen LogP) is -2.11. The summed E-state index contributed by atoms with van der Waals surface area (Å²) in [6, 6.07) is 4.01. The van der Waals surface area contributed by atoms with Crippen LogP contribution in [-0.2, 0) is 25.6 Å². The zero-order valence-corrected chi connectivity index (χ0v) is 21.6. The van der Waals surface area contributed by atoms with E-state index in [2.05, 4.69) is 20.9 Å². The number of carbonyl (C=O) groups excluding carboxylic acids is 3. The number of nitrogens with zero attached hydrogens (tertiary/aromatic N) is 1. The van der Waals surface area contributed by atoms with Gasteiger partial charge in [-0.05, 0) is 36.8 Å². The first kappa shape index (κ1) is 31.7. The van der Waals surface area contributed by atoms with E-state index in [0.717, 1.165) is 0 Å². The van der Waals surface area contributed by atoms with Gasteiger partial charge in [-0.2, -0.15) is 11.8 Å². The molecule has 0 fully saturated rings. The van der Waals surface area contributed by atoms with Gasteiger partial charge in [0.15, 0.2) is 5.96 Å². The number of guanidine groups is 1. The van der Waals surface area contributed by atoms with Crippen molar-refractivity contribution in [2.45, 2.75) is 49.9 Å². The number of rotatable bonds is 17. The molecule has 0 saturated carbocycles. The van der Waals surface area contributed by atoms with Crippen LogP contribution in [0, 0.1) is 0 Å². The molecule has 13 nitrogen and oxygen atoms in total. The van der Waals surface area contributed by atoms with Gasteiger partial charge in [0.25, 0.3) is 0 Å². The fraction of sp³-hybridized carbons (Fsp3) is 0.522. The van der Waals surface area contributed by atoms with Crippen LogP contribution in [0.4, 0.5) is 0 Å². The first-order valence-corrected chi connectivity index (χ1v) is 13.1. The van der Waals surface area contributed by atoms with E-state index in [1.807, 2.05) is 6.26 Å². The minimum absolute atomic E-state index is 0.00537. The Morgan fingerprint density at radius 2 is 1.54 bits per heavy atom. The van der Waals surface area contributed by atoms with Crippen molar-refractivity contribution in [1.82, 2.24) is 16.0 Å². The molecule has 0 aliphatic rings. The van der Waals surface area contributed by atoms with Crippen molar-refractivity contribution in [1.29, 1.82) is 0 Å². The maximum absolute atomic E-state index is 13.0. The van der Waals surface area contributed by atoms with Gasteiger partial charge < -0.3 is 43.4 Å². The van der Waals surface area contributed by atoms with Crippen molar-refractivity contribution >= 4 is 41.4 Å². The van der Waals surface area contributed by atoms with Crippen molar-refractivity contribution in [3.05, 3.63) is 35.9 Å². The number of carboxylic acid groups (broad SMARTS) is 1. The molecule has 1 aromatic carbocycles. The minimum atomic E-state index is -1.45. The monoisotopic (exact) mass is 539 g/mol. The normalized spacial score (nSPS) is 13.9. The van der Waals surface area contributed by atoms with E-state index in [9.17, 15) is 29.4 Å².